The molecule has 6 nitrogen and oxygen atoms in total. The average molecular weight is 366 g/mol. The van der Waals surface area contributed by atoms with Crippen LogP contribution in [0.4, 0.5) is 0 Å². The first-order valence-electron chi connectivity index (χ1n) is 9.81. The number of amides is 1. The molecule has 2 fully saturated rings. The number of aromatic nitrogens is 2. The third kappa shape index (κ3) is 2.87. The molecule has 0 unspecified atom stereocenters. The molecule has 5 rings (SSSR count). The van der Waals surface area contributed by atoms with E-state index in [4.69, 9.17) is 4.74 Å². The van der Waals surface area contributed by atoms with E-state index in [9.17, 15) is 4.79 Å². The van der Waals surface area contributed by atoms with Gasteiger partial charge in [0.15, 0.2) is 5.69 Å². The van der Waals surface area contributed by atoms with Crippen LogP contribution in [0.5, 0.6) is 0 Å². The van der Waals surface area contributed by atoms with Gasteiger partial charge in [-0.2, -0.15) is 5.10 Å². The van der Waals surface area contributed by atoms with Crippen molar-refractivity contribution in [3.8, 4) is 0 Å². The van der Waals surface area contributed by atoms with Gasteiger partial charge in [0.25, 0.3) is 5.91 Å². The lowest BCUT2D eigenvalue weighted by molar-refractivity contribution is -0.102. The first-order chi connectivity index (χ1) is 13.0. The van der Waals surface area contributed by atoms with Crippen molar-refractivity contribution in [3.05, 3.63) is 52.8 Å². The molecule has 6 heteroatoms. The van der Waals surface area contributed by atoms with Crippen LogP contribution in [0.3, 0.4) is 0 Å². The van der Waals surface area contributed by atoms with Crippen LogP contribution in [0.15, 0.2) is 30.3 Å². The first kappa shape index (κ1) is 17.0. The monoisotopic (exact) mass is 366 g/mol. The van der Waals surface area contributed by atoms with Crippen LogP contribution in [0, 0.1) is 5.41 Å². The summed E-state index contributed by atoms with van der Waals surface area (Å²) < 4.78 is 5.83. The molecular weight excluding hydrogens is 340 g/mol. The fourth-order valence-corrected chi connectivity index (χ4v) is 4.96. The Labute approximate surface area is 159 Å². The SMILES string of the molecule is C[C@@H]1Cc2c(C(=O)N3CC4(CN(Cc5ccccc5)C4)C3)n[nH]c2[C@H](C)O1. The number of hydrogen-bond acceptors (Lipinski definition) is 4. The van der Waals surface area contributed by atoms with Gasteiger partial charge < -0.3 is 9.64 Å². The Morgan fingerprint density at radius 2 is 1.96 bits per heavy atom. The molecule has 0 bridgehead atoms. The Morgan fingerprint density at radius 1 is 1.22 bits per heavy atom. The minimum atomic E-state index is -0.0290. The Hall–Kier alpha value is -2.18. The highest BCUT2D eigenvalue weighted by molar-refractivity contribution is 5.94. The second kappa shape index (κ2) is 6.17. The summed E-state index contributed by atoms with van der Waals surface area (Å²) in [5, 5.41) is 7.37. The van der Waals surface area contributed by atoms with Gasteiger partial charge in [0.05, 0.1) is 17.9 Å². The summed E-state index contributed by atoms with van der Waals surface area (Å²) in [6.45, 7) is 8.91. The summed E-state index contributed by atoms with van der Waals surface area (Å²) in [5.74, 6) is 0.0703. The molecule has 1 aromatic heterocycles. The largest absolute Gasteiger partial charge is 0.369 e. The predicted molar refractivity (Wildman–Crippen MR) is 101 cm³/mol. The van der Waals surface area contributed by atoms with E-state index >= 15 is 0 Å². The number of aromatic amines is 1. The van der Waals surface area contributed by atoms with E-state index in [1.165, 1.54) is 5.56 Å². The molecule has 2 aromatic rings. The van der Waals surface area contributed by atoms with Gasteiger partial charge in [0.1, 0.15) is 0 Å². The molecule has 3 aliphatic rings. The van der Waals surface area contributed by atoms with E-state index in [1.54, 1.807) is 0 Å². The van der Waals surface area contributed by atoms with Gasteiger partial charge in [-0.15, -0.1) is 0 Å². The van der Waals surface area contributed by atoms with Gasteiger partial charge in [-0.3, -0.25) is 14.8 Å². The average Bonchev–Trinajstić information content (AvgIpc) is 3.00. The molecule has 1 spiro atoms. The molecule has 1 amide bonds. The number of H-pyrrole nitrogens is 1. The van der Waals surface area contributed by atoms with E-state index in [1.807, 2.05) is 11.8 Å². The van der Waals surface area contributed by atoms with Crippen molar-refractivity contribution in [2.24, 2.45) is 5.41 Å². The molecular formula is C21H26N4O2. The number of benzene rings is 1. The number of rotatable bonds is 3. The van der Waals surface area contributed by atoms with Crippen LogP contribution in [0.2, 0.25) is 0 Å². The Morgan fingerprint density at radius 3 is 2.70 bits per heavy atom. The second-order valence-corrected chi connectivity index (χ2v) is 8.55. The zero-order valence-electron chi connectivity index (χ0n) is 15.9. The number of hydrogen-bond donors (Lipinski definition) is 1. The van der Waals surface area contributed by atoms with Crippen molar-refractivity contribution in [3.63, 3.8) is 0 Å². The first-order valence-corrected chi connectivity index (χ1v) is 9.81. The molecule has 1 aromatic carbocycles. The van der Waals surface area contributed by atoms with Crippen molar-refractivity contribution in [1.82, 2.24) is 20.0 Å². The van der Waals surface area contributed by atoms with Crippen LogP contribution >= 0.6 is 0 Å². The van der Waals surface area contributed by atoms with Crippen LogP contribution in [0.25, 0.3) is 0 Å². The molecule has 27 heavy (non-hydrogen) atoms. The summed E-state index contributed by atoms with van der Waals surface area (Å²) in [4.78, 5) is 17.4. The van der Waals surface area contributed by atoms with Gasteiger partial charge in [0.2, 0.25) is 0 Å². The number of carbonyl (C=O) groups excluding carboxylic acids is 1. The highest BCUT2D eigenvalue weighted by atomic mass is 16.5. The zero-order valence-corrected chi connectivity index (χ0v) is 15.9. The molecule has 142 valence electrons. The molecule has 0 radical (unpaired) electrons. The van der Waals surface area contributed by atoms with Crippen molar-refractivity contribution in [2.45, 2.75) is 39.0 Å². The maximum absolute atomic E-state index is 13.0. The standard InChI is InChI=1S/C21H26N4O2/c1-14-8-17-18(15(2)27-14)22-23-19(17)20(26)25-12-21(13-25)10-24(11-21)9-16-6-4-3-5-7-16/h3-7,14-15H,8-13H2,1-2H3,(H,22,23)/t14-,15+/m1/s1. The Balaban J connectivity index is 1.20. The molecule has 2 saturated heterocycles. The second-order valence-electron chi connectivity index (χ2n) is 8.55. The van der Waals surface area contributed by atoms with Gasteiger partial charge in [-0.05, 0) is 19.4 Å². The molecule has 0 saturated carbocycles. The van der Waals surface area contributed by atoms with E-state index in [0.717, 1.165) is 50.4 Å². The molecule has 2 atom stereocenters. The maximum Gasteiger partial charge on any atom is 0.274 e. The number of ether oxygens (including phenoxy) is 1. The van der Waals surface area contributed by atoms with Crippen molar-refractivity contribution < 1.29 is 9.53 Å². The third-order valence-corrected chi connectivity index (χ3v) is 6.14. The van der Waals surface area contributed by atoms with E-state index in [2.05, 4.69) is 52.4 Å². The third-order valence-electron chi connectivity index (χ3n) is 6.14. The molecule has 4 heterocycles. The quantitative estimate of drug-likeness (QED) is 0.906. The topological polar surface area (TPSA) is 61.5 Å². The van der Waals surface area contributed by atoms with Gasteiger partial charge in [0, 0.05) is 50.1 Å². The van der Waals surface area contributed by atoms with Gasteiger partial charge in [-0.25, -0.2) is 0 Å². The number of nitrogens with one attached hydrogen (secondary N) is 1. The summed E-state index contributed by atoms with van der Waals surface area (Å²) >= 11 is 0. The highest BCUT2D eigenvalue weighted by Crippen LogP contribution is 2.41. The van der Waals surface area contributed by atoms with Crippen LogP contribution in [0.1, 0.15) is 47.3 Å². The summed E-state index contributed by atoms with van der Waals surface area (Å²) in [7, 11) is 0. The Kier molecular flexibility index (Phi) is 3.88. The Bertz CT molecular complexity index is 848. The lowest BCUT2D eigenvalue weighted by Crippen LogP contribution is -2.72. The van der Waals surface area contributed by atoms with Crippen LogP contribution in [-0.2, 0) is 17.7 Å². The predicted octanol–water partition coefficient (Wildman–Crippen LogP) is 2.39. The van der Waals surface area contributed by atoms with Crippen molar-refractivity contribution in [1.29, 1.82) is 0 Å². The maximum atomic E-state index is 13.0. The smallest absolute Gasteiger partial charge is 0.274 e. The minimum Gasteiger partial charge on any atom is -0.369 e. The fraction of sp³-hybridized carbons (Fsp3) is 0.524. The molecule has 0 aliphatic carbocycles. The molecule has 3 aliphatic heterocycles. The van der Waals surface area contributed by atoms with Crippen LogP contribution in [-0.4, -0.2) is 58.2 Å². The van der Waals surface area contributed by atoms with Crippen LogP contribution < -0.4 is 0 Å². The van der Waals surface area contributed by atoms with E-state index in [0.29, 0.717) is 11.1 Å². The normalized spacial score (nSPS) is 26.4. The van der Waals surface area contributed by atoms with E-state index < -0.39 is 0 Å². The summed E-state index contributed by atoms with van der Waals surface area (Å²) in [5.41, 5.74) is 4.26. The lowest BCUT2D eigenvalue weighted by atomic mass is 9.72. The fourth-order valence-electron chi connectivity index (χ4n) is 4.96. The molecule has 1 N–H and O–H groups in total. The summed E-state index contributed by atoms with van der Waals surface area (Å²) in [6.07, 6.45) is 0.845. The number of carbonyl (C=O) groups is 1. The lowest BCUT2D eigenvalue weighted by Gasteiger charge is -2.60. The number of fused-ring (bicyclic) bond motifs is 1. The summed E-state index contributed by atoms with van der Waals surface area (Å²) in [6, 6.07) is 10.6. The van der Waals surface area contributed by atoms with Crippen molar-refractivity contribution >= 4 is 5.91 Å². The zero-order chi connectivity index (χ0) is 18.6. The highest BCUT2D eigenvalue weighted by Gasteiger charge is 2.53. The van der Waals surface area contributed by atoms with E-state index in [-0.39, 0.29) is 18.1 Å². The minimum absolute atomic E-state index is 0.0290. The van der Waals surface area contributed by atoms with Gasteiger partial charge >= 0.3 is 0 Å². The van der Waals surface area contributed by atoms with Gasteiger partial charge in [-0.1, -0.05) is 30.3 Å². The van der Waals surface area contributed by atoms with Crippen molar-refractivity contribution in [2.75, 3.05) is 26.2 Å². The number of nitrogens with zero attached hydrogens (tertiary/aromatic N) is 3. The number of likely N-dealkylation sites (tertiary alicyclic amines) is 2.